The number of nitrogens with zero attached hydrogens (tertiary/aromatic N) is 2. The van der Waals surface area contributed by atoms with Crippen molar-refractivity contribution in [3.05, 3.63) is 12.7 Å². The van der Waals surface area contributed by atoms with E-state index in [0.29, 0.717) is 11.3 Å². The normalized spacial score (nSPS) is 24.3. The zero-order valence-corrected chi connectivity index (χ0v) is 14.5. The van der Waals surface area contributed by atoms with Crippen LogP contribution in [0.4, 0.5) is 0 Å². The van der Waals surface area contributed by atoms with Crippen LogP contribution in [0.2, 0.25) is 0 Å². The molecule has 1 amide bonds. The second-order valence-corrected chi connectivity index (χ2v) is 8.02. The summed E-state index contributed by atoms with van der Waals surface area (Å²) in [7, 11) is 0. The van der Waals surface area contributed by atoms with Crippen LogP contribution < -0.4 is 0 Å². The van der Waals surface area contributed by atoms with Gasteiger partial charge in [0.25, 0.3) is 0 Å². The number of thioether (sulfide) groups is 1. The number of amides is 1. The Bertz CT molecular complexity index is 364. The first-order valence-corrected chi connectivity index (χ1v) is 9.51. The smallest absolute Gasteiger partial charge is 0.222 e. The Morgan fingerprint density at radius 2 is 2.10 bits per heavy atom. The molecule has 2 fully saturated rings. The van der Waals surface area contributed by atoms with Crippen molar-refractivity contribution in [2.45, 2.75) is 44.3 Å². The second-order valence-electron chi connectivity index (χ2n) is 6.74. The maximum atomic E-state index is 12.0. The third-order valence-corrected chi connectivity index (χ3v) is 6.31. The number of rotatable bonds is 6. The van der Waals surface area contributed by atoms with Gasteiger partial charge in [0, 0.05) is 24.8 Å². The van der Waals surface area contributed by atoms with Crippen LogP contribution in [0.3, 0.4) is 0 Å². The van der Waals surface area contributed by atoms with E-state index in [1.54, 1.807) is 0 Å². The molecule has 120 valence electrons. The zero-order chi connectivity index (χ0) is 15.3. The Hall–Kier alpha value is -0.480. The summed E-state index contributed by atoms with van der Waals surface area (Å²) in [6.07, 6.45) is 9.67. The van der Waals surface area contributed by atoms with Gasteiger partial charge in [-0.15, -0.1) is 6.58 Å². The molecule has 21 heavy (non-hydrogen) atoms. The van der Waals surface area contributed by atoms with Gasteiger partial charge in [0.05, 0.1) is 0 Å². The number of piperidine rings is 2. The molecule has 1 atom stereocenters. The van der Waals surface area contributed by atoms with Crippen LogP contribution in [-0.4, -0.2) is 59.9 Å². The Morgan fingerprint density at radius 1 is 1.38 bits per heavy atom. The Labute approximate surface area is 134 Å². The summed E-state index contributed by atoms with van der Waals surface area (Å²) in [6, 6.07) is 0. The predicted octanol–water partition coefficient (Wildman–Crippen LogP) is 3.02. The standard InChI is InChI=1S/C17H30N2OS/c1-4-10-19-14-17(7-5-16(19)20)8-12-18(13-9-17)11-6-15(2)21-3/h4,15H,1,5-14H2,2-3H3. The van der Waals surface area contributed by atoms with Crippen LogP contribution in [0, 0.1) is 5.41 Å². The van der Waals surface area contributed by atoms with Gasteiger partial charge in [0.15, 0.2) is 0 Å². The molecule has 2 aliphatic heterocycles. The monoisotopic (exact) mass is 310 g/mol. The van der Waals surface area contributed by atoms with Crippen LogP contribution in [0.1, 0.15) is 39.0 Å². The van der Waals surface area contributed by atoms with Gasteiger partial charge in [-0.3, -0.25) is 4.79 Å². The highest BCUT2D eigenvalue weighted by Crippen LogP contribution is 2.40. The van der Waals surface area contributed by atoms with Gasteiger partial charge < -0.3 is 9.80 Å². The second kappa shape index (κ2) is 7.68. The van der Waals surface area contributed by atoms with Crippen molar-refractivity contribution in [1.82, 2.24) is 9.80 Å². The summed E-state index contributed by atoms with van der Waals surface area (Å²) in [5, 5.41) is 0.760. The van der Waals surface area contributed by atoms with Gasteiger partial charge in [-0.2, -0.15) is 11.8 Å². The number of hydrogen-bond acceptors (Lipinski definition) is 3. The number of likely N-dealkylation sites (tertiary alicyclic amines) is 2. The molecule has 4 heteroatoms. The molecule has 1 spiro atoms. The third-order valence-electron chi connectivity index (χ3n) is 5.27. The molecule has 0 saturated carbocycles. The molecule has 2 saturated heterocycles. The minimum Gasteiger partial charge on any atom is -0.338 e. The third kappa shape index (κ3) is 4.49. The van der Waals surface area contributed by atoms with E-state index < -0.39 is 0 Å². The van der Waals surface area contributed by atoms with E-state index in [1.807, 2.05) is 22.7 Å². The summed E-state index contributed by atoms with van der Waals surface area (Å²) in [6.45, 7) is 11.4. The average Bonchev–Trinajstić information content (AvgIpc) is 2.50. The van der Waals surface area contributed by atoms with E-state index in [1.165, 1.54) is 38.9 Å². The van der Waals surface area contributed by atoms with E-state index in [4.69, 9.17) is 0 Å². The Morgan fingerprint density at radius 3 is 2.71 bits per heavy atom. The topological polar surface area (TPSA) is 23.6 Å². The molecule has 0 radical (unpaired) electrons. The van der Waals surface area contributed by atoms with E-state index >= 15 is 0 Å². The number of carbonyl (C=O) groups excluding carboxylic acids is 1. The van der Waals surface area contributed by atoms with E-state index in [2.05, 4.69) is 24.7 Å². The summed E-state index contributed by atoms with van der Waals surface area (Å²) < 4.78 is 0. The van der Waals surface area contributed by atoms with Crippen molar-refractivity contribution < 1.29 is 4.79 Å². The number of hydrogen-bond donors (Lipinski definition) is 0. The fraction of sp³-hybridized carbons (Fsp3) is 0.824. The van der Waals surface area contributed by atoms with Crippen LogP contribution in [0.25, 0.3) is 0 Å². The minimum atomic E-state index is 0.316. The van der Waals surface area contributed by atoms with Gasteiger partial charge in [0.1, 0.15) is 0 Å². The lowest BCUT2D eigenvalue weighted by Crippen LogP contribution is -2.51. The molecule has 0 aromatic carbocycles. The average molecular weight is 311 g/mol. The maximum absolute atomic E-state index is 12.0. The van der Waals surface area contributed by atoms with Gasteiger partial charge >= 0.3 is 0 Å². The quantitative estimate of drug-likeness (QED) is 0.705. The molecular formula is C17H30N2OS. The summed E-state index contributed by atoms with van der Waals surface area (Å²) in [4.78, 5) is 16.6. The zero-order valence-electron chi connectivity index (χ0n) is 13.6. The first-order valence-electron chi connectivity index (χ1n) is 8.22. The van der Waals surface area contributed by atoms with Gasteiger partial charge in [-0.05, 0) is 57.0 Å². The van der Waals surface area contributed by atoms with Crippen molar-refractivity contribution in [2.75, 3.05) is 39.0 Å². The first kappa shape index (κ1) is 16.9. The highest BCUT2D eigenvalue weighted by molar-refractivity contribution is 7.99. The molecule has 0 aliphatic carbocycles. The van der Waals surface area contributed by atoms with Crippen molar-refractivity contribution >= 4 is 17.7 Å². The SMILES string of the molecule is C=CCN1CC2(CCC1=O)CCN(CCC(C)SC)CC2. The van der Waals surface area contributed by atoms with Crippen LogP contribution >= 0.6 is 11.8 Å². The summed E-state index contributed by atoms with van der Waals surface area (Å²) >= 11 is 1.96. The molecule has 1 unspecified atom stereocenters. The molecule has 0 bridgehead atoms. The Balaban J connectivity index is 1.82. The highest BCUT2D eigenvalue weighted by atomic mass is 32.2. The van der Waals surface area contributed by atoms with Crippen LogP contribution in [0.15, 0.2) is 12.7 Å². The fourth-order valence-electron chi connectivity index (χ4n) is 3.57. The number of carbonyl (C=O) groups is 1. The van der Waals surface area contributed by atoms with E-state index in [9.17, 15) is 4.79 Å². The van der Waals surface area contributed by atoms with E-state index in [0.717, 1.165) is 31.2 Å². The van der Waals surface area contributed by atoms with Crippen molar-refractivity contribution in [2.24, 2.45) is 5.41 Å². The lowest BCUT2D eigenvalue weighted by atomic mass is 9.72. The van der Waals surface area contributed by atoms with Crippen LogP contribution in [-0.2, 0) is 4.79 Å². The van der Waals surface area contributed by atoms with Crippen molar-refractivity contribution in [3.63, 3.8) is 0 Å². The Kier molecular flexibility index (Phi) is 6.18. The molecule has 0 N–H and O–H groups in total. The minimum absolute atomic E-state index is 0.316. The molecule has 3 nitrogen and oxygen atoms in total. The molecule has 2 rings (SSSR count). The summed E-state index contributed by atoms with van der Waals surface area (Å²) in [5.74, 6) is 0.316. The maximum Gasteiger partial charge on any atom is 0.222 e. The van der Waals surface area contributed by atoms with E-state index in [-0.39, 0.29) is 0 Å². The molecular weight excluding hydrogens is 280 g/mol. The summed E-state index contributed by atoms with van der Waals surface area (Å²) in [5.41, 5.74) is 0.387. The fourth-order valence-corrected chi connectivity index (χ4v) is 3.91. The molecule has 0 aromatic heterocycles. The lowest BCUT2D eigenvalue weighted by Gasteiger charge is -2.47. The molecule has 2 aliphatic rings. The van der Waals surface area contributed by atoms with Gasteiger partial charge in [-0.25, -0.2) is 0 Å². The lowest BCUT2D eigenvalue weighted by molar-refractivity contribution is -0.138. The van der Waals surface area contributed by atoms with Crippen molar-refractivity contribution in [3.8, 4) is 0 Å². The first-order chi connectivity index (χ1) is 10.1. The van der Waals surface area contributed by atoms with Crippen LogP contribution in [0.5, 0.6) is 0 Å². The highest BCUT2D eigenvalue weighted by Gasteiger charge is 2.40. The largest absolute Gasteiger partial charge is 0.338 e. The molecule has 0 aromatic rings. The predicted molar refractivity (Wildman–Crippen MR) is 91.7 cm³/mol. The van der Waals surface area contributed by atoms with Crippen molar-refractivity contribution in [1.29, 1.82) is 0 Å². The van der Waals surface area contributed by atoms with Gasteiger partial charge in [0.2, 0.25) is 5.91 Å². The molecule has 2 heterocycles. The van der Waals surface area contributed by atoms with Gasteiger partial charge in [-0.1, -0.05) is 13.0 Å².